The van der Waals surface area contributed by atoms with Crippen molar-refractivity contribution in [3.63, 3.8) is 0 Å². The average Bonchev–Trinajstić information content (AvgIpc) is 2.74. The van der Waals surface area contributed by atoms with E-state index in [1.807, 2.05) is 0 Å². The minimum atomic E-state index is -0.918. The fourth-order valence-electron chi connectivity index (χ4n) is 6.13. The van der Waals surface area contributed by atoms with E-state index < -0.39 is 35.1 Å². The standard InChI is InChI=1S/C22H26N2O7/c1-30-20(26)16-5-17(7-18(6-16)24(28)29)21(27)31-11-19(25)23-12-22-8-13-2-14(9-22)4-15(3-13)10-22/h5-7,13-15H,2-4,8-12H2,1H3,(H,23,25). The van der Waals surface area contributed by atoms with Crippen LogP contribution < -0.4 is 5.32 Å². The molecule has 1 aromatic rings. The van der Waals surface area contributed by atoms with Crippen LogP contribution >= 0.6 is 0 Å². The SMILES string of the molecule is COC(=O)c1cc(C(=O)OCC(=O)NCC23CC4CC(CC(C4)C2)C3)cc([N+](=O)[O-])c1. The number of carbonyl (C=O) groups excluding carboxylic acids is 3. The lowest BCUT2D eigenvalue weighted by molar-refractivity contribution is -0.384. The highest BCUT2D eigenvalue weighted by molar-refractivity contribution is 5.97. The van der Waals surface area contributed by atoms with E-state index in [0.29, 0.717) is 6.54 Å². The van der Waals surface area contributed by atoms with E-state index in [0.717, 1.165) is 62.3 Å². The molecule has 1 aromatic carbocycles. The van der Waals surface area contributed by atoms with Crippen molar-refractivity contribution in [1.29, 1.82) is 0 Å². The van der Waals surface area contributed by atoms with Gasteiger partial charge in [-0.05, 0) is 67.8 Å². The molecule has 4 aliphatic carbocycles. The second-order valence-corrected chi connectivity index (χ2v) is 9.29. The Bertz CT molecular complexity index is 891. The van der Waals surface area contributed by atoms with Crippen LogP contribution in [0, 0.1) is 33.3 Å². The molecule has 4 bridgehead atoms. The highest BCUT2D eigenvalue weighted by Crippen LogP contribution is 2.59. The minimum Gasteiger partial charge on any atom is -0.465 e. The summed E-state index contributed by atoms with van der Waals surface area (Å²) < 4.78 is 9.60. The van der Waals surface area contributed by atoms with Crippen LogP contribution in [-0.4, -0.2) is 43.0 Å². The molecule has 5 rings (SSSR count). The number of nitrogens with one attached hydrogen (secondary N) is 1. The van der Waals surface area contributed by atoms with Crippen molar-refractivity contribution < 1.29 is 28.8 Å². The number of esters is 2. The van der Waals surface area contributed by atoms with Gasteiger partial charge in [-0.1, -0.05) is 0 Å². The smallest absolute Gasteiger partial charge is 0.338 e. The van der Waals surface area contributed by atoms with E-state index in [4.69, 9.17) is 4.74 Å². The first-order chi connectivity index (χ1) is 14.8. The van der Waals surface area contributed by atoms with Crippen molar-refractivity contribution in [3.05, 3.63) is 39.4 Å². The number of rotatable bonds is 7. The summed E-state index contributed by atoms with van der Waals surface area (Å²) in [6.45, 7) is 0.109. The van der Waals surface area contributed by atoms with Crippen molar-refractivity contribution in [1.82, 2.24) is 5.32 Å². The zero-order chi connectivity index (χ0) is 22.2. The van der Waals surface area contributed by atoms with Gasteiger partial charge in [0.25, 0.3) is 11.6 Å². The summed E-state index contributed by atoms with van der Waals surface area (Å²) in [5, 5.41) is 14.0. The third kappa shape index (κ3) is 4.55. The second kappa shape index (κ2) is 8.28. The Hall–Kier alpha value is -2.97. The van der Waals surface area contributed by atoms with Crippen LogP contribution in [0.1, 0.15) is 59.2 Å². The van der Waals surface area contributed by atoms with Crippen LogP contribution in [0.3, 0.4) is 0 Å². The Morgan fingerprint density at radius 2 is 1.58 bits per heavy atom. The molecule has 0 atom stereocenters. The lowest BCUT2D eigenvalue weighted by atomic mass is 9.49. The second-order valence-electron chi connectivity index (χ2n) is 9.29. The molecular weight excluding hydrogens is 404 g/mol. The summed E-state index contributed by atoms with van der Waals surface area (Å²) in [6, 6.07) is 3.16. The van der Waals surface area contributed by atoms with Crippen molar-refractivity contribution in [2.45, 2.75) is 38.5 Å². The Labute approximate surface area is 179 Å². The van der Waals surface area contributed by atoms with E-state index in [-0.39, 0.29) is 16.5 Å². The Morgan fingerprint density at radius 3 is 2.10 bits per heavy atom. The molecule has 0 aliphatic heterocycles. The van der Waals surface area contributed by atoms with Crippen LogP contribution in [0.25, 0.3) is 0 Å². The first kappa shape index (κ1) is 21.3. The molecule has 0 spiro atoms. The maximum absolute atomic E-state index is 12.3. The van der Waals surface area contributed by atoms with Gasteiger partial charge in [0, 0.05) is 18.7 Å². The lowest BCUT2D eigenvalue weighted by Gasteiger charge is -2.56. The number of methoxy groups -OCH3 is 1. The molecule has 0 saturated heterocycles. The normalized spacial score (nSPS) is 28.1. The van der Waals surface area contributed by atoms with Gasteiger partial charge in [-0.15, -0.1) is 0 Å². The number of benzene rings is 1. The molecule has 9 nitrogen and oxygen atoms in total. The van der Waals surface area contributed by atoms with Crippen LogP contribution in [0.2, 0.25) is 0 Å². The number of non-ortho nitro benzene ring substituents is 1. The molecule has 166 valence electrons. The molecular formula is C22H26N2O7. The Morgan fingerprint density at radius 1 is 1.03 bits per heavy atom. The number of nitro groups is 1. The third-order valence-corrected chi connectivity index (χ3v) is 6.95. The molecule has 0 unspecified atom stereocenters. The lowest BCUT2D eigenvalue weighted by Crippen LogP contribution is -2.51. The summed E-state index contributed by atoms with van der Waals surface area (Å²) in [5.41, 5.74) is -0.608. The van der Waals surface area contributed by atoms with E-state index in [1.54, 1.807) is 0 Å². The zero-order valence-electron chi connectivity index (χ0n) is 17.4. The number of nitrogens with zero attached hydrogens (tertiary/aromatic N) is 1. The summed E-state index contributed by atoms with van der Waals surface area (Å²) in [4.78, 5) is 46.7. The van der Waals surface area contributed by atoms with Gasteiger partial charge in [0.2, 0.25) is 0 Å². The summed E-state index contributed by atoms with van der Waals surface area (Å²) in [5.74, 6) is 0.198. The summed E-state index contributed by atoms with van der Waals surface area (Å²) in [6.07, 6.45) is 7.43. The number of amides is 1. The van der Waals surface area contributed by atoms with Gasteiger partial charge in [-0.2, -0.15) is 0 Å². The molecule has 9 heteroatoms. The first-order valence-corrected chi connectivity index (χ1v) is 10.6. The van der Waals surface area contributed by atoms with Crippen molar-refractivity contribution in [2.24, 2.45) is 23.2 Å². The molecule has 0 aromatic heterocycles. The number of carbonyl (C=O) groups is 3. The summed E-state index contributed by atoms with van der Waals surface area (Å²) in [7, 11) is 1.13. The van der Waals surface area contributed by atoms with E-state index >= 15 is 0 Å². The van der Waals surface area contributed by atoms with Crippen LogP contribution in [0.15, 0.2) is 18.2 Å². The van der Waals surface area contributed by atoms with Crippen molar-refractivity contribution in [2.75, 3.05) is 20.3 Å². The minimum absolute atomic E-state index is 0.144. The predicted octanol–water partition coefficient (Wildman–Crippen LogP) is 2.87. The molecule has 4 aliphatic rings. The van der Waals surface area contributed by atoms with E-state index in [1.165, 1.54) is 19.3 Å². The van der Waals surface area contributed by atoms with Crippen molar-refractivity contribution >= 4 is 23.5 Å². The number of hydrogen-bond donors (Lipinski definition) is 1. The fraction of sp³-hybridized carbons (Fsp3) is 0.591. The monoisotopic (exact) mass is 430 g/mol. The number of nitro benzene ring substituents is 1. The van der Waals surface area contributed by atoms with Gasteiger partial charge in [-0.25, -0.2) is 9.59 Å². The predicted molar refractivity (Wildman–Crippen MR) is 108 cm³/mol. The first-order valence-electron chi connectivity index (χ1n) is 10.6. The molecule has 4 saturated carbocycles. The summed E-state index contributed by atoms with van der Waals surface area (Å²) >= 11 is 0. The fourth-order valence-corrected chi connectivity index (χ4v) is 6.13. The molecule has 0 heterocycles. The zero-order valence-corrected chi connectivity index (χ0v) is 17.4. The van der Waals surface area contributed by atoms with Gasteiger partial charge in [-0.3, -0.25) is 14.9 Å². The Kier molecular flexibility index (Phi) is 5.68. The van der Waals surface area contributed by atoms with Gasteiger partial charge >= 0.3 is 11.9 Å². The topological polar surface area (TPSA) is 125 Å². The molecule has 1 N–H and O–H groups in total. The quantitative estimate of drug-likeness (QED) is 0.400. The maximum atomic E-state index is 12.3. The maximum Gasteiger partial charge on any atom is 0.338 e. The van der Waals surface area contributed by atoms with E-state index in [2.05, 4.69) is 10.1 Å². The van der Waals surface area contributed by atoms with Gasteiger partial charge in [0.15, 0.2) is 6.61 Å². The number of hydrogen-bond acceptors (Lipinski definition) is 7. The molecule has 1 amide bonds. The van der Waals surface area contributed by atoms with Gasteiger partial charge < -0.3 is 14.8 Å². The van der Waals surface area contributed by atoms with Crippen molar-refractivity contribution in [3.8, 4) is 0 Å². The number of ether oxygens (including phenoxy) is 2. The largest absolute Gasteiger partial charge is 0.465 e. The van der Waals surface area contributed by atoms with E-state index in [9.17, 15) is 24.5 Å². The van der Waals surface area contributed by atoms with Crippen LogP contribution in [0.5, 0.6) is 0 Å². The molecule has 4 fully saturated rings. The van der Waals surface area contributed by atoms with Crippen LogP contribution in [-0.2, 0) is 14.3 Å². The highest BCUT2D eigenvalue weighted by Gasteiger charge is 2.50. The molecule has 0 radical (unpaired) electrons. The molecule has 31 heavy (non-hydrogen) atoms. The van der Waals surface area contributed by atoms with Gasteiger partial charge in [0.05, 0.1) is 23.2 Å². The highest BCUT2D eigenvalue weighted by atomic mass is 16.6. The average molecular weight is 430 g/mol. The third-order valence-electron chi connectivity index (χ3n) is 6.95. The Balaban J connectivity index is 1.33. The van der Waals surface area contributed by atoms with Crippen LogP contribution in [0.4, 0.5) is 5.69 Å². The van der Waals surface area contributed by atoms with Gasteiger partial charge in [0.1, 0.15) is 0 Å².